The van der Waals surface area contributed by atoms with E-state index in [-0.39, 0.29) is 11.6 Å². The van der Waals surface area contributed by atoms with E-state index in [0.29, 0.717) is 24.1 Å². The third-order valence-corrected chi connectivity index (χ3v) is 6.36. The highest BCUT2D eigenvalue weighted by atomic mass is 19.4. The van der Waals surface area contributed by atoms with Crippen LogP contribution < -0.4 is 5.32 Å². The second-order valence-electron chi connectivity index (χ2n) is 11.1. The van der Waals surface area contributed by atoms with Crippen molar-refractivity contribution in [1.82, 2.24) is 10.2 Å². The summed E-state index contributed by atoms with van der Waals surface area (Å²) in [4.78, 5) is 1.73. The summed E-state index contributed by atoms with van der Waals surface area (Å²) >= 11 is 0. The quantitative estimate of drug-likeness (QED) is 0.171. The van der Waals surface area contributed by atoms with Crippen LogP contribution in [0.1, 0.15) is 117 Å². The lowest BCUT2D eigenvalue weighted by molar-refractivity contribution is -0.143. The van der Waals surface area contributed by atoms with Gasteiger partial charge in [-0.15, -0.1) is 0 Å². The number of alkyl halides is 6. The third kappa shape index (κ3) is 15.0. The van der Waals surface area contributed by atoms with Crippen LogP contribution in [-0.4, -0.2) is 24.5 Å². The van der Waals surface area contributed by atoms with Crippen molar-refractivity contribution in [1.29, 1.82) is 0 Å². The number of halogens is 6. The predicted molar refractivity (Wildman–Crippen MR) is 161 cm³/mol. The highest BCUT2D eigenvalue weighted by Crippen LogP contribution is 2.42. The van der Waals surface area contributed by atoms with E-state index in [2.05, 4.69) is 39.9 Å². The average molecular weight is 591 g/mol. The van der Waals surface area contributed by atoms with Crippen molar-refractivity contribution in [2.24, 2.45) is 5.92 Å². The predicted octanol–water partition coefficient (Wildman–Crippen LogP) is 11.1. The molecule has 0 bridgehead atoms. The Morgan fingerprint density at radius 3 is 2.07 bits per heavy atom. The van der Waals surface area contributed by atoms with Crippen molar-refractivity contribution < 1.29 is 26.3 Å². The molecular formula is C33H52F6N2. The van der Waals surface area contributed by atoms with Gasteiger partial charge in [0.1, 0.15) is 0 Å². The van der Waals surface area contributed by atoms with E-state index in [1.807, 2.05) is 26.0 Å². The number of allylic oxidation sites excluding steroid dienone is 4. The van der Waals surface area contributed by atoms with Crippen molar-refractivity contribution >= 4 is 0 Å². The fourth-order valence-electron chi connectivity index (χ4n) is 4.53. The van der Waals surface area contributed by atoms with E-state index in [1.54, 1.807) is 31.0 Å². The molecule has 2 atom stereocenters. The number of nitrogens with zero attached hydrogens (tertiary/aromatic N) is 1. The molecule has 0 aliphatic carbocycles. The zero-order valence-electron chi connectivity index (χ0n) is 26.4. The minimum Gasteiger partial charge on any atom is -0.386 e. The smallest absolute Gasteiger partial charge is 0.386 e. The summed E-state index contributed by atoms with van der Waals surface area (Å²) in [5.41, 5.74) is -1.26. The second-order valence-corrected chi connectivity index (χ2v) is 11.1. The Morgan fingerprint density at radius 2 is 1.59 bits per heavy atom. The number of hydrogen-bond donors (Lipinski definition) is 1. The van der Waals surface area contributed by atoms with Gasteiger partial charge >= 0.3 is 12.4 Å². The summed E-state index contributed by atoms with van der Waals surface area (Å²) < 4.78 is 81.9. The Kier molecular flexibility index (Phi) is 18.0. The van der Waals surface area contributed by atoms with Crippen LogP contribution in [0.25, 0.3) is 0 Å². The summed E-state index contributed by atoms with van der Waals surface area (Å²) in [5, 5.41) is 3.55. The summed E-state index contributed by atoms with van der Waals surface area (Å²) in [7, 11) is 1.69. The lowest BCUT2D eigenvalue weighted by Crippen LogP contribution is -2.31. The Hall–Kier alpha value is -2.22. The zero-order valence-corrected chi connectivity index (χ0v) is 26.4. The molecule has 1 aromatic rings. The van der Waals surface area contributed by atoms with E-state index >= 15 is 0 Å². The van der Waals surface area contributed by atoms with Gasteiger partial charge in [0.25, 0.3) is 0 Å². The molecule has 8 heteroatoms. The monoisotopic (exact) mass is 590 g/mol. The molecular weight excluding hydrogens is 538 g/mol. The molecule has 0 spiro atoms. The van der Waals surface area contributed by atoms with Gasteiger partial charge in [0.15, 0.2) is 0 Å². The molecule has 2 nitrogen and oxygen atoms in total. The average Bonchev–Trinajstić information content (AvgIpc) is 2.85. The zero-order chi connectivity index (χ0) is 31.8. The Bertz CT molecular complexity index is 957. The van der Waals surface area contributed by atoms with Gasteiger partial charge in [0.05, 0.1) is 17.2 Å². The molecule has 2 unspecified atom stereocenters. The molecule has 236 valence electrons. The first-order valence-electron chi connectivity index (χ1n) is 14.8. The van der Waals surface area contributed by atoms with E-state index in [9.17, 15) is 26.3 Å². The van der Waals surface area contributed by atoms with Crippen LogP contribution in [0.4, 0.5) is 26.3 Å². The van der Waals surface area contributed by atoms with Gasteiger partial charge < -0.3 is 5.32 Å². The van der Waals surface area contributed by atoms with Gasteiger partial charge in [-0.05, 0) is 63.8 Å². The van der Waals surface area contributed by atoms with Crippen molar-refractivity contribution in [2.45, 2.75) is 118 Å². The lowest BCUT2D eigenvalue weighted by Gasteiger charge is -2.31. The molecule has 0 aliphatic heterocycles. The van der Waals surface area contributed by atoms with Gasteiger partial charge in [-0.1, -0.05) is 96.7 Å². The highest BCUT2D eigenvalue weighted by Gasteiger charge is 2.40. The fraction of sp³-hybridized carbons (Fsp3) is 0.636. The van der Waals surface area contributed by atoms with Crippen LogP contribution in [-0.2, 0) is 12.4 Å². The normalized spacial score (nSPS) is 14.9. The standard InChI is InChI=1S/C30H44F6N2.C3H8/c1-8-10-12-13-22(5)28(26-16-15-24(29(31,32)33)20-27(26)30(34,35)36)38(7)18-17-23(6)37-25(14-11-9-2)19-21(3)4;1-3-2/h10,12-13,15-17,20-21,25,28,37H,8-9,11,14,18-19H2,1-7H3;3H2,1-2H3/b12-10-,22-13+,23-17+;. The third-order valence-electron chi connectivity index (χ3n) is 6.36. The fourth-order valence-corrected chi connectivity index (χ4v) is 4.53. The molecule has 0 saturated heterocycles. The molecule has 1 rings (SSSR count). The molecule has 0 fully saturated rings. The molecule has 0 amide bonds. The first kappa shape index (κ1) is 38.8. The van der Waals surface area contributed by atoms with Gasteiger partial charge in [-0.2, -0.15) is 26.3 Å². The van der Waals surface area contributed by atoms with E-state index in [4.69, 9.17) is 0 Å². The van der Waals surface area contributed by atoms with Crippen LogP contribution in [0.15, 0.2) is 53.8 Å². The maximum absolute atomic E-state index is 14.0. The maximum atomic E-state index is 14.0. The number of unbranched alkanes of at least 4 members (excludes halogenated alkanes) is 1. The first-order valence-corrected chi connectivity index (χ1v) is 14.8. The van der Waals surface area contributed by atoms with Crippen molar-refractivity contribution in [3.8, 4) is 0 Å². The lowest BCUT2D eigenvalue weighted by atomic mass is 9.91. The van der Waals surface area contributed by atoms with Crippen LogP contribution in [0.2, 0.25) is 0 Å². The summed E-state index contributed by atoms with van der Waals surface area (Å²) in [6.07, 6.45) is 3.72. The molecule has 1 aromatic carbocycles. The Labute approximate surface area is 245 Å². The van der Waals surface area contributed by atoms with Crippen LogP contribution in [0, 0.1) is 5.92 Å². The molecule has 0 aliphatic rings. The van der Waals surface area contributed by atoms with Crippen molar-refractivity contribution in [2.75, 3.05) is 13.6 Å². The van der Waals surface area contributed by atoms with Gasteiger partial charge in [-0.25, -0.2) is 0 Å². The molecule has 0 radical (unpaired) electrons. The maximum Gasteiger partial charge on any atom is 0.416 e. The van der Waals surface area contributed by atoms with Crippen LogP contribution >= 0.6 is 0 Å². The Balaban J connectivity index is 0.00000509. The topological polar surface area (TPSA) is 15.3 Å². The number of rotatable bonds is 14. The summed E-state index contributed by atoms with van der Waals surface area (Å²) in [6, 6.07) is 1.35. The van der Waals surface area contributed by atoms with Crippen LogP contribution in [0.5, 0.6) is 0 Å². The Morgan fingerprint density at radius 1 is 0.976 bits per heavy atom. The number of likely N-dealkylation sites (N-methyl/N-ethyl adjacent to an activating group) is 1. The van der Waals surface area contributed by atoms with E-state index in [1.165, 1.54) is 6.42 Å². The number of nitrogens with one attached hydrogen (secondary N) is 1. The minimum atomic E-state index is -4.94. The van der Waals surface area contributed by atoms with Gasteiger partial charge in [0, 0.05) is 18.3 Å². The van der Waals surface area contributed by atoms with E-state index < -0.39 is 29.5 Å². The van der Waals surface area contributed by atoms with E-state index in [0.717, 1.165) is 49.9 Å². The second kappa shape index (κ2) is 19.1. The summed E-state index contributed by atoms with van der Waals surface area (Å²) in [6.45, 7) is 16.6. The molecule has 41 heavy (non-hydrogen) atoms. The minimum absolute atomic E-state index is 0.203. The number of benzene rings is 1. The largest absolute Gasteiger partial charge is 0.416 e. The van der Waals surface area contributed by atoms with Gasteiger partial charge in [0.2, 0.25) is 0 Å². The van der Waals surface area contributed by atoms with Gasteiger partial charge in [-0.3, -0.25) is 4.90 Å². The summed E-state index contributed by atoms with van der Waals surface area (Å²) in [5.74, 6) is 0.522. The molecule has 0 heterocycles. The van der Waals surface area contributed by atoms with Crippen molar-refractivity contribution in [3.05, 3.63) is 70.5 Å². The molecule has 0 saturated carbocycles. The van der Waals surface area contributed by atoms with Crippen LogP contribution in [0.3, 0.4) is 0 Å². The SMILES string of the molecule is CC/C=C\C=C(/C)C(c1ccc(C(F)(F)F)cc1C(F)(F)F)N(C)C/C=C(\C)NC(CCCC)CC(C)C.CCC. The molecule has 1 N–H and O–H groups in total. The van der Waals surface area contributed by atoms with Crippen molar-refractivity contribution in [3.63, 3.8) is 0 Å². The molecule has 0 aromatic heterocycles. The highest BCUT2D eigenvalue weighted by molar-refractivity contribution is 5.41. The number of hydrogen-bond acceptors (Lipinski definition) is 2. The first-order chi connectivity index (χ1) is 19.0.